The molecule has 1 aromatic heterocycles. The van der Waals surface area contributed by atoms with E-state index in [4.69, 9.17) is 0 Å². The van der Waals surface area contributed by atoms with Crippen LogP contribution in [0.4, 0.5) is 5.69 Å². The van der Waals surface area contributed by atoms with Gasteiger partial charge in [0.1, 0.15) is 6.29 Å². The van der Waals surface area contributed by atoms with Crippen LogP contribution in [0.5, 0.6) is 0 Å². The molecule has 0 saturated carbocycles. The average molecular weight is 204 g/mol. The molecule has 1 aliphatic rings. The van der Waals surface area contributed by atoms with Crippen LogP contribution in [0.2, 0.25) is 0 Å². The van der Waals surface area contributed by atoms with Gasteiger partial charge in [0.25, 0.3) is 0 Å². The van der Waals surface area contributed by atoms with Gasteiger partial charge >= 0.3 is 0 Å². The number of piperidine rings is 1. The number of rotatable bonds is 2. The molecule has 0 atom stereocenters. The highest BCUT2D eigenvalue weighted by molar-refractivity contribution is 5.56. The summed E-state index contributed by atoms with van der Waals surface area (Å²) in [5, 5.41) is 0. The third-order valence-electron chi connectivity index (χ3n) is 3.06. The predicted octanol–water partition coefficient (Wildman–Crippen LogP) is 1.81. The molecule has 1 aliphatic heterocycles. The first-order valence-electron chi connectivity index (χ1n) is 5.42. The first-order valence-corrected chi connectivity index (χ1v) is 5.42. The van der Waals surface area contributed by atoms with Crippen molar-refractivity contribution >= 4 is 12.0 Å². The van der Waals surface area contributed by atoms with E-state index < -0.39 is 0 Å². The van der Waals surface area contributed by atoms with Crippen molar-refractivity contribution in [2.24, 2.45) is 5.92 Å². The van der Waals surface area contributed by atoms with Crippen LogP contribution in [-0.4, -0.2) is 24.4 Å². The van der Waals surface area contributed by atoms with E-state index >= 15 is 0 Å². The van der Waals surface area contributed by atoms with Crippen molar-refractivity contribution in [3.63, 3.8) is 0 Å². The van der Waals surface area contributed by atoms with Crippen molar-refractivity contribution in [3.05, 3.63) is 24.0 Å². The Labute approximate surface area is 90.1 Å². The molecule has 80 valence electrons. The summed E-state index contributed by atoms with van der Waals surface area (Å²) >= 11 is 0. The number of pyridine rings is 1. The van der Waals surface area contributed by atoms with Crippen molar-refractivity contribution in [3.8, 4) is 0 Å². The molecule has 0 N–H and O–H groups in total. The highest BCUT2D eigenvalue weighted by Gasteiger charge is 2.19. The van der Waals surface area contributed by atoms with Crippen molar-refractivity contribution in [2.45, 2.75) is 19.8 Å². The Kier molecular flexibility index (Phi) is 2.99. The van der Waals surface area contributed by atoms with Gasteiger partial charge in [-0.1, -0.05) is 0 Å². The van der Waals surface area contributed by atoms with Crippen molar-refractivity contribution < 1.29 is 4.79 Å². The molecule has 0 aromatic carbocycles. The van der Waals surface area contributed by atoms with Gasteiger partial charge in [0.15, 0.2) is 0 Å². The van der Waals surface area contributed by atoms with Crippen LogP contribution < -0.4 is 4.90 Å². The van der Waals surface area contributed by atoms with E-state index in [1.54, 1.807) is 0 Å². The highest BCUT2D eigenvalue weighted by Crippen LogP contribution is 2.24. The van der Waals surface area contributed by atoms with Gasteiger partial charge in [-0.3, -0.25) is 4.98 Å². The number of anilines is 1. The largest absolute Gasteiger partial charge is 0.371 e. The van der Waals surface area contributed by atoms with Crippen LogP contribution in [-0.2, 0) is 4.79 Å². The summed E-state index contributed by atoms with van der Waals surface area (Å²) in [6, 6.07) is 2.05. The number of hydrogen-bond donors (Lipinski definition) is 0. The second-order valence-electron chi connectivity index (χ2n) is 4.12. The number of aryl methyl sites for hydroxylation is 1. The van der Waals surface area contributed by atoms with E-state index in [1.165, 1.54) is 11.3 Å². The Balaban J connectivity index is 2.07. The van der Waals surface area contributed by atoms with Crippen LogP contribution in [0.25, 0.3) is 0 Å². The summed E-state index contributed by atoms with van der Waals surface area (Å²) in [6.07, 6.45) is 6.77. The molecular formula is C12H16N2O. The quantitative estimate of drug-likeness (QED) is 0.689. The van der Waals surface area contributed by atoms with Gasteiger partial charge < -0.3 is 9.69 Å². The van der Waals surface area contributed by atoms with Crippen LogP contribution in [0.3, 0.4) is 0 Å². The van der Waals surface area contributed by atoms with Gasteiger partial charge in [0.2, 0.25) is 0 Å². The van der Waals surface area contributed by atoms with Crippen molar-refractivity contribution in [2.75, 3.05) is 18.0 Å². The van der Waals surface area contributed by atoms with Gasteiger partial charge in [-0.25, -0.2) is 0 Å². The van der Waals surface area contributed by atoms with E-state index in [2.05, 4.69) is 22.9 Å². The summed E-state index contributed by atoms with van der Waals surface area (Å²) < 4.78 is 0. The topological polar surface area (TPSA) is 33.2 Å². The molecule has 2 rings (SSSR count). The summed E-state index contributed by atoms with van der Waals surface area (Å²) in [6.45, 7) is 4.04. The van der Waals surface area contributed by atoms with E-state index in [0.717, 1.165) is 32.2 Å². The Morgan fingerprint density at radius 1 is 1.47 bits per heavy atom. The smallest absolute Gasteiger partial charge is 0.123 e. The predicted molar refractivity (Wildman–Crippen MR) is 60.0 cm³/mol. The van der Waals surface area contributed by atoms with E-state index in [1.807, 2.05) is 12.4 Å². The normalized spacial score (nSPS) is 17.8. The standard InChI is InChI=1S/C12H16N2O/c1-10-8-13-5-2-12(10)14-6-3-11(9-15)4-7-14/h2,5,8-9,11H,3-4,6-7H2,1H3. The lowest BCUT2D eigenvalue weighted by Gasteiger charge is -2.32. The lowest BCUT2D eigenvalue weighted by molar-refractivity contribution is -0.111. The molecule has 3 nitrogen and oxygen atoms in total. The SMILES string of the molecule is Cc1cnccc1N1CCC(C=O)CC1. The fourth-order valence-electron chi connectivity index (χ4n) is 2.10. The molecule has 1 saturated heterocycles. The van der Waals surface area contributed by atoms with Gasteiger partial charge in [0.05, 0.1) is 0 Å². The molecule has 0 radical (unpaired) electrons. The maximum Gasteiger partial charge on any atom is 0.123 e. The monoisotopic (exact) mass is 204 g/mol. The molecule has 0 aliphatic carbocycles. The van der Waals surface area contributed by atoms with Crippen LogP contribution in [0, 0.1) is 12.8 Å². The van der Waals surface area contributed by atoms with Crippen molar-refractivity contribution in [1.29, 1.82) is 0 Å². The number of carbonyl (C=O) groups excluding carboxylic acids is 1. The third kappa shape index (κ3) is 2.17. The maximum atomic E-state index is 10.6. The van der Waals surface area contributed by atoms with Gasteiger partial charge in [-0.05, 0) is 31.4 Å². The lowest BCUT2D eigenvalue weighted by Crippen LogP contribution is -2.34. The molecular weight excluding hydrogens is 188 g/mol. The lowest BCUT2D eigenvalue weighted by atomic mass is 9.98. The molecule has 3 heteroatoms. The van der Waals surface area contributed by atoms with Gasteiger partial charge in [-0.2, -0.15) is 0 Å². The molecule has 2 heterocycles. The number of hydrogen-bond acceptors (Lipinski definition) is 3. The van der Waals surface area contributed by atoms with Crippen LogP contribution in [0.1, 0.15) is 18.4 Å². The zero-order chi connectivity index (χ0) is 10.7. The first kappa shape index (κ1) is 10.1. The summed E-state index contributed by atoms with van der Waals surface area (Å²) in [4.78, 5) is 17.1. The third-order valence-corrected chi connectivity index (χ3v) is 3.06. The molecule has 1 aromatic rings. The van der Waals surface area contributed by atoms with E-state index in [0.29, 0.717) is 0 Å². The second-order valence-corrected chi connectivity index (χ2v) is 4.12. The van der Waals surface area contributed by atoms with Crippen molar-refractivity contribution in [1.82, 2.24) is 4.98 Å². The van der Waals surface area contributed by atoms with E-state index in [-0.39, 0.29) is 5.92 Å². The number of aldehydes is 1. The van der Waals surface area contributed by atoms with Gasteiger partial charge in [-0.15, -0.1) is 0 Å². The average Bonchev–Trinajstić information content (AvgIpc) is 2.30. The number of nitrogens with zero attached hydrogens (tertiary/aromatic N) is 2. The van der Waals surface area contributed by atoms with Crippen LogP contribution >= 0.6 is 0 Å². The zero-order valence-electron chi connectivity index (χ0n) is 9.02. The Hall–Kier alpha value is -1.38. The fourth-order valence-corrected chi connectivity index (χ4v) is 2.10. The minimum atomic E-state index is 0.267. The van der Waals surface area contributed by atoms with E-state index in [9.17, 15) is 4.79 Å². The molecule has 1 fully saturated rings. The highest BCUT2D eigenvalue weighted by atomic mass is 16.1. The second kappa shape index (κ2) is 4.43. The minimum Gasteiger partial charge on any atom is -0.371 e. The Morgan fingerprint density at radius 2 is 2.20 bits per heavy atom. The molecule has 15 heavy (non-hydrogen) atoms. The molecule has 0 bridgehead atoms. The summed E-state index contributed by atoms with van der Waals surface area (Å²) in [5.74, 6) is 0.267. The molecule has 0 amide bonds. The number of aromatic nitrogens is 1. The minimum absolute atomic E-state index is 0.267. The Bertz CT molecular complexity index is 343. The maximum absolute atomic E-state index is 10.6. The molecule has 0 unspecified atom stereocenters. The Morgan fingerprint density at radius 3 is 2.80 bits per heavy atom. The summed E-state index contributed by atoms with van der Waals surface area (Å²) in [7, 11) is 0. The first-order chi connectivity index (χ1) is 7.31. The number of carbonyl (C=O) groups is 1. The van der Waals surface area contributed by atoms with Crippen LogP contribution in [0.15, 0.2) is 18.5 Å². The summed E-state index contributed by atoms with van der Waals surface area (Å²) in [5.41, 5.74) is 2.47. The van der Waals surface area contributed by atoms with Gasteiger partial charge in [0, 0.05) is 37.1 Å². The molecule has 0 spiro atoms. The fraction of sp³-hybridized carbons (Fsp3) is 0.500. The zero-order valence-corrected chi connectivity index (χ0v) is 9.02.